The molecule has 0 saturated carbocycles. The SMILES string of the molecule is COCCCOc1ccc(C)cc1N. The summed E-state index contributed by atoms with van der Waals surface area (Å²) in [6.07, 6.45) is 0.879. The fourth-order valence-electron chi connectivity index (χ4n) is 1.18. The van der Waals surface area contributed by atoms with Gasteiger partial charge >= 0.3 is 0 Å². The molecule has 0 saturated heterocycles. The topological polar surface area (TPSA) is 44.5 Å². The first kappa shape index (κ1) is 10.9. The maximum Gasteiger partial charge on any atom is 0.142 e. The van der Waals surface area contributed by atoms with Crippen LogP contribution in [-0.2, 0) is 4.74 Å². The van der Waals surface area contributed by atoms with E-state index in [4.69, 9.17) is 15.2 Å². The molecule has 0 fully saturated rings. The second kappa shape index (κ2) is 5.50. The highest BCUT2D eigenvalue weighted by Gasteiger charge is 1.99. The van der Waals surface area contributed by atoms with Crippen LogP contribution in [0.25, 0.3) is 0 Å². The highest BCUT2D eigenvalue weighted by atomic mass is 16.5. The van der Waals surface area contributed by atoms with Crippen LogP contribution < -0.4 is 10.5 Å². The zero-order chi connectivity index (χ0) is 10.4. The number of ether oxygens (including phenoxy) is 2. The summed E-state index contributed by atoms with van der Waals surface area (Å²) < 4.78 is 10.4. The number of nitrogen functional groups attached to an aromatic ring is 1. The summed E-state index contributed by atoms with van der Waals surface area (Å²) in [5.74, 6) is 0.756. The number of benzene rings is 1. The number of methoxy groups -OCH3 is 1. The van der Waals surface area contributed by atoms with E-state index in [0.717, 1.165) is 17.7 Å². The quantitative estimate of drug-likeness (QED) is 0.577. The summed E-state index contributed by atoms with van der Waals surface area (Å²) in [5.41, 5.74) is 7.62. The van der Waals surface area contributed by atoms with Gasteiger partial charge in [0.05, 0.1) is 12.3 Å². The molecule has 2 N–H and O–H groups in total. The van der Waals surface area contributed by atoms with Crippen molar-refractivity contribution < 1.29 is 9.47 Å². The Kier molecular flexibility index (Phi) is 4.26. The van der Waals surface area contributed by atoms with Crippen molar-refractivity contribution in [3.05, 3.63) is 23.8 Å². The monoisotopic (exact) mass is 195 g/mol. The fraction of sp³-hybridized carbons (Fsp3) is 0.455. The summed E-state index contributed by atoms with van der Waals surface area (Å²) in [7, 11) is 1.68. The van der Waals surface area contributed by atoms with Crippen LogP contribution in [0.4, 0.5) is 5.69 Å². The molecule has 3 nitrogen and oxygen atoms in total. The molecule has 1 aromatic rings. The van der Waals surface area contributed by atoms with Crippen LogP contribution in [0, 0.1) is 6.92 Å². The second-order valence-electron chi connectivity index (χ2n) is 3.24. The molecule has 0 amide bonds. The van der Waals surface area contributed by atoms with Crippen LogP contribution >= 0.6 is 0 Å². The Morgan fingerprint density at radius 3 is 2.71 bits per heavy atom. The Morgan fingerprint density at radius 2 is 2.07 bits per heavy atom. The number of hydrogen-bond acceptors (Lipinski definition) is 3. The minimum Gasteiger partial charge on any atom is -0.491 e. The smallest absolute Gasteiger partial charge is 0.142 e. The molecule has 0 aromatic heterocycles. The van der Waals surface area contributed by atoms with E-state index in [1.54, 1.807) is 7.11 Å². The van der Waals surface area contributed by atoms with Gasteiger partial charge in [-0.3, -0.25) is 0 Å². The first-order valence-electron chi connectivity index (χ1n) is 4.72. The van der Waals surface area contributed by atoms with Crippen molar-refractivity contribution in [2.75, 3.05) is 26.1 Å². The number of nitrogens with two attached hydrogens (primary N) is 1. The van der Waals surface area contributed by atoms with E-state index >= 15 is 0 Å². The zero-order valence-corrected chi connectivity index (χ0v) is 8.75. The minimum absolute atomic E-state index is 0.640. The Hall–Kier alpha value is -1.22. The molecule has 78 valence electrons. The average molecular weight is 195 g/mol. The van der Waals surface area contributed by atoms with Crippen molar-refractivity contribution in [2.45, 2.75) is 13.3 Å². The van der Waals surface area contributed by atoms with Gasteiger partial charge in [0, 0.05) is 20.1 Å². The lowest BCUT2D eigenvalue weighted by atomic mass is 10.2. The third-order valence-electron chi connectivity index (χ3n) is 1.92. The van der Waals surface area contributed by atoms with Gasteiger partial charge in [-0.15, -0.1) is 0 Å². The highest BCUT2D eigenvalue weighted by Crippen LogP contribution is 2.21. The Morgan fingerprint density at radius 1 is 1.29 bits per heavy atom. The molecule has 14 heavy (non-hydrogen) atoms. The largest absolute Gasteiger partial charge is 0.491 e. The van der Waals surface area contributed by atoms with Gasteiger partial charge in [-0.2, -0.15) is 0 Å². The molecular weight excluding hydrogens is 178 g/mol. The van der Waals surface area contributed by atoms with Crippen LogP contribution in [0.5, 0.6) is 5.75 Å². The first-order chi connectivity index (χ1) is 6.74. The molecule has 1 rings (SSSR count). The lowest BCUT2D eigenvalue weighted by Crippen LogP contribution is -2.03. The summed E-state index contributed by atoms with van der Waals surface area (Å²) in [6, 6.07) is 5.80. The van der Waals surface area contributed by atoms with Crippen LogP contribution in [0.2, 0.25) is 0 Å². The van der Waals surface area contributed by atoms with E-state index in [2.05, 4.69) is 0 Å². The van der Waals surface area contributed by atoms with E-state index in [0.29, 0.717) is 18.9 Å². The molecule has 0 aliphatic rings. The molecule has 0 heterocycles. The molecule has 0 atom stereocenters. The molecule has 0 spiro atoms. The Labute approximate surface area is 84.8 Å². The van der Waals surface area contributed by atoms with Crippen molar-refractivity contribution in [2.24, 2.45) is 0 Å². The highest BCUT2D eigenvalue weighted by molar-refractivity contribution is 5.53. The Balaban J connectivity index is 2.42. The summed E-state index contributed by atoms with van der Waals surface area (Å²) in [4.78, 5) is 0. The number of rotatable bonds is 5. The normalized spacial score (nSPS) is 10.1. The van der Waals surface area contributed by atoms with E-state index < -0.39 is 0 Å². The molecule has 3 heteroatoms. The average Bonchev–Trinajstić information content (AvgIpc) is 2.15. The Bertz CT molecular complexity index is 287. The minimum atomic E-state index is 0.640. The van der Waals surface area contributed by atoms with Gasteiger partial charge in [-0.25, -0.2) is 0 Å². The van der Waals surface area contributed by atoms with E-state index in [-0.39, 0.29) is 0 Å². The van der Waals surface area contributed by atoms with Crippen LogP contribution in [-0.4, -0.2) is 20.3 Å². The second-order valence-corrected chi connectivity index (χ2v) is 3.24. The molecule has 0 aliphatic carbocycles. The number of hydrogen-bond donors (Lipinski definition) is 1. The molecule has 0 aliphatic heterocycles. The van der Waals surface area contributed by atoms with Crippen LogP contribution in [0.15, 0.2) is 18.2 Å². The van der Waals surface area contributed by atoms with Crippen LogP contribution in [0.3, 0.4) is 0 Å². The fourth-order valence-corrected chi connectivity index (χ4v) is 1.18. The predicted octanol–water partition coefficient (Wildman–Crippen LogP) is 1.99. The van der Waals surface area contributed by atoms with Crippen LogP contribution in [0.1, 0.15) is 12.0 Å². The third-order valence-corrected chi connectivity index (χ3v) is 1.92. The van der Waals surface area contributed by atoms with Crippen molar-refractivity contribution >= 4 is 5.69 Å². The molecule has 1 aromatic carbocycles. The van der Waals surface area contributed by atoms with Gasteiger partial charge in [0.2, 0.25) is 0 Å². The van der Waals surface area contributed by atoms with Crippen molar-refractivity contribution in [1.29, 1.82) is 0 Å². The first-order valence-corrected chi connectivity index (χ1v) is 4.72. The van der Waals surface area contributed by atoms with E-state index in [9.17, 15) is 0 Å². The zero-order valence-electron chi connectivity index (χ0n) is 8.75. The van der Waals surface area contributed by atoms with E-state index in [1.165, 1.54) is 0 Å². The van der Waals surface area contributed by atoms with Crippen molar-refractivity contribution in [3.8, 4) is 5.75 Å². The standard InChI is InChI=1S/C11H17NO2/c1-9-4-5-11(10(12)8-9)14-7-3-6-13-2/h4-5,8H,3,6-7,12H2,1-2H3. The number of aryl methyl sites for hydroxylation is 1. The molecule has 0 bridgehead atoms. The van der Waals surface area contributed by atoms with E-state index in [1.807, 2.05) is 25.1 Å². The maximum atomic E-state index is 5.78. The summed E-state index contributed by atoms with van der Waals surface area (Å²) in [6.45, 7) is 3.36. The number of anilines is 1. The predicted molar refractivity (Wildman–Crippen MR) is 57.6 cm³/mol. The van der Waals surface area contributed by atoms with Gasteiger partial charge < -0.3 is 15.2 Å². The maximum absolute atomic E-state index is 5.78. The molecule has 0 radical (unpaired) electrons. The van der Waals surface area contributed by atoms with Gasteiger partial charge in [-0.05, 0) is 24.6 Å². The van der Waals surface area contributed by atoms with Crippen molar-refractivity contribution in [3.63, 3.8) is 0 Å². The van der Waals surface area contributed by atoms with Gasteiger partial charge in [0.15, 0.2) is 0 Å². The molecule has 0 unspecified atom stereocenters. The van der Waals surface area contributed by atoms with Gasteiger partial charge in [0.1, 0.15) is 5.75 Å². The van der Waals surface area contributed by atoms with Gasteiger partial charge in [0.25, 0.3) is 0 Å². The summed E-state index contributed by atoms with van der Waals surface area (Å²) in [5, 5.41) is 0. The summed E-state index contributed by atoms with van der Waals surface area (Å²) >= 11 is 0. The third kappa shape index (κ3) is 3.26. The molecular formula is C11H17NO2. The van der Waals surface area contributed by atoms with Gasteiger partial charge in [-0.1, -0.05) is 6.07 Å². The lowest BCUT2D eigenvalue weighted by Gasteiger charge is -2.08. The lowest BCUT2D eigenvalue weighted by molar-refractivity contribution is 0.172. The van der Waals surface area contributed by atoms with Crippen molar-refractivity contribution in [1.82, 2.24) is 0 Å².